The monoisotopic (exact) mass is 245 g/mol. The van der Waals surface area contributed by atoms with E-state index in [9.17, 15) is 4.79 Å². The number of ether oxygens (including phenoxy) is 2. The first kappa shape index (κ1) is 15.7. The molecular formula is C11H23N3O3. The molecule has 17 heavy (non-hydrogen) atoms. The molecule has 6 nitrogen and oxygen atoms in total. The van der Waals surface area contributed by atoms with Gasteiger partial charge in [-0.3, -0.25) is 9.79 Å². The molecule has 0 bridgehead atoms. The van der Waals surface area contributed by atoms with Crippen LogP contribution in [0.4, 0.5) is 0 Å². The van der Waals surface area contributed by atoms with Gasteiger partial charge >= 0.3 is 5.97 Å². The Morgan fingerprint density at radius 2 is 2.00 bits per heavy atom. The molecular weight excluding hydrogens is 222 g/mol. The van der Waals surface area contributed by atoms with E-state index < -0.39 is 0 Å². The Hall–Kier alpha value is -1.30. The van der Waals surface area contributed by atoms with E-state index >= 15 is 0 Å². The molecule has 0 unspecified atom stereocenters. The first-order valence-corrected chi connectivity index (χ1v) is 5.83. The average molecular weight is 245 g/mol. The summed E-state index contributed by atoms with van der Waals surface area (Å²) in [6, 6.07) is 0. The lowest BCUT2D eigenvalue weighted by molar-refractivity contribution is -0.140. The number of esters is 1. The van der Waals surface area contributed by atoms with Gasteiger partial charge in [-0.2, -0.15) is 0 Å². The second kappa shape index (κ2) is 11.2. The Bertz CT molecular complexity index is 232. The van der Waals surface area contributed by atoms with Gasteiger partial charge < -0.3 is 20.1 Å². The van der Waals surface area contributed by atoms with Gasteiger partial charge in [-0.15, -0.1) is 0 Å². The van der Waals surface area contributed by atoms with E-state index in [1.807, 2.05) is 6.92 Å². The summed E-state index contributed by atoms with van der Waals surface area (Å²) in [5, 5.41) is 6.15. The molecule has 100 valence electrons. The van der Waals surface area contributed by atoms with Crippen LogP contribution in [-0.4, -0.2) is 52.4 Å². The maximum absolute atomic E-state index is 10.9. The molecule has 0 aromatic rings. The minimum atomic E-state index is -0.232. The van der Waals surface area contributed by atoms with E-state index in [0.717, 1.165) is 26.2 Å². The predicted molar refractivity (Wildman–Crippen MR) is 67.1 cm³/mol. The molecule has 0 saturated carbocycles. The minimum absolute atomic E-state index is 0.232. The lowest BCUT2D eigenvalue weighted by Crippen LogP contribution is -2.39. The molecule has 2 N–H and O–H groups in total. The maximum atomic E-state index is 10.9. The van der Waals surface area contributed by atoms with E-state index in [0.29, 0.717) is 18.9 Å². The van der Waals surface area contributed by atoms with Gasteiger partial charge in [0.15, 0.2) is 5.96 Å². The summed E-state index contributed by atoms with van der Waals surface area (Å²) >= 11 is 0. The van der Waals surface area contributed by atoms with Crippen molar-refractivity contribution < 1.29 is 14.3 Å². The molecule has 0 aliphatic heterocycles. The van der Waals surface area contributed by atoms with Gasteiger partial charge in [0.2, 0.25) is 0 Å². The third kappa shape index (κ3) is 9.62. The Morgan fingerprint density at radius 1 is 1.29 bits per heavy atom. The van der Waals surface area contributed by atoms with Crippen molar-refractivity contribution in [2.24, 2.45) is 4.99 Å². The van der Waals surface area contributed by atoms with Crippen molar-refractivity contribution in [1.29, 1.82) is 0 Å². The van der Waals surface area contributed by atoms with Crippen molar-refractivity contribution >= 4 is 11.9 Å². The number of rotatable bonds is 8. The largest absolute Gasteiger partial charge is 0.469 e. The quantitative estimate of drug-likeness (QED) is 0.275. The summed E-state index contributed by atoms with van der Waals surface area (Å²) in [7, 11) is 3.07. The number of methoxy groups -OCH3 is 1. The first-order valence-electron chi connectivity index (χ1n) is 5.83. The van der Waals surface area contributed by atoms with Crippen LogP contribution in [0.15, 0.2) is 4.99 Å². The number of nitrogens with one attached hydrogen (secondary N) is 2. The Balaban J connectivity index is 3.53. The second-order valence-corrected chi connectivity index (χ2v) is 3.30. The van der Waals surface area contributed by atoms with Gasteiger partial charge in [0, 0.05) is 33.4 Å². The molecule has 0 radical (unpaired) electrons. The van der Waals surface area contributed by atoms with Crippen LogP contribution >= 0.6 is 0 Å². The summed E-state index contributed by atoms with van der Waals surface area (Å²) in [5.74, 6) is 0.453. The fourth-order valence-electron chi connectivity index (χ4n) is 1.13. The predicted octanol–water partition coefficient (Wildman–Crippen LogP) is 0.141. The van der Waals surface area contributed by atoms with Gasteiger partial charge in [-0.05, 0) is 13.3 Å². The summed E-state index contributed by atoms with van der Waals surface area (Å²) < 4.78 is 9.75. The normalized spacial score (nSPS) is 11.1. The van der Waals surface area contributed by atoms with Crippen molar-refractivity contribution in [3.05, 3.63) is 0 Å². The van der Waals surface area contributed by atoms with Crippen molar-refractivity contribution in [3.8, 4) is 0 Å². The third-order valence-electron chi connectivity index (χ3n) is 2.03. The minimum Gasteiger partial charge on any atom is -0.469 e. The molecule has 0 aliphatic rings. The Kier molecular flexibility index (Phi) is 10.3. The number of hydrogen-bond acceptors (Lipinski definition) is 4. The fraction of sp³-hybridized carbons (Fsp3) is 0.818. The van der Waals surface area contributed by atoms with E-state index in [2.05, 4.69) is 20.4 Å². The number of guanidine groups is 1. The van der Waals surface area contributed by atoms with Gasteiger partial charge in [-0.1, -0.05) is 0 Å². The van der Waals surface area contributed by atoms with E-state index in [1.165, 1.54) is 7.11 Å². The standard InChI is InChI=1S/C11H23N3O3/c1-4-17-9-5-7-13-11(12-2)14-8-6-10(15)16-3/h4-9H2,1-3H3,(H2,12,13,14). The van der Waals surface area contributed by atoms with Gasteiger partial charge in [0.1, 0.15) is 0 Å². The lowest BCUT2D eigenvalue weighted by Gasteiger charge is -2.11. The summed E-state index contributed by atoms with van der Waals surface area (Å²) in [6.07, 6.45) is 1.25. The van der Waals surface area contributed by atoms with Crippen molar-refractivity contribution in [2.75, 3.05) is 40.5 Å². The number of hydrogen-bond donors (Lipinski definition) is 2. The van der Waals surface area contributed by atoms with Gasteiger partial charge in [0.05, 0.1) is 13.5 Å². The highest BCUT2D eigenvalue weighted by Crippen LogP contribution is 1.83. The number of aliphatic imine (C=N–C) groups is 1. The lowest BCUT2D eigenvalue weighted by atomic mass is 10.4. The molecule has 0 aromatic heterocycles. The first-order chi connectivity index (χ1) is 8.24. The Morgan fingerprint density at radius 3 is 2.59 bits per heavy atom. The average Bonchev–Trinajstić information content (AvgIpc) is 2.36. The molecule has 0 fully saturated rings. The number of nitrogens with zero attached hydrogens (tertiary/aromatic N) is 1. The van der Waals surface area contributed by atoms with Crippen molar-refractivity contribution in [2.45, 2.75) is 19.8 Å². The highest BCUT2D eigenvalue weighted by atomic mass is 16.5. The van der Waals surface area contributed by atoms with Crippen LogP contribution in [0.2, 0.25) is 0 Å². The number of carbonyl (C=O) groups excluding carboxylic acids is 1. The van der Waals surface area contributed by atoms with Crippen LogP contribution in [-0.2, 0) is 14.3 Å². The zero-order valence-corrected chi connectivity index (χ0v) is 10.9. The van der Waals surface area contributed by atoms with Gasteiger partial charge in [-0.25, -0.2) is 0 Å². The summed E-state index contributed by atoms with van der Waals surface area (Å²) in [4.78, 5) is 14.9. The van der Waals surface area contributed by atoms with E-state index in [4.69, 9.17) is 4.74 Å². The van der Waals surface area contributed by atoms with Crippen LogP contribution in [0.1, 0.15) is 19.8 Å². The van der Waals surface area contributed by atoms with Crippen LogP contribution in [0, 0.1) is 0 Å². The van der Waals surface area contributed by atoms with E-state index in [1.54, 1.807) is 7.05 Å². The van der Waals surface area contributed by atoms with E-state index in [-0.39, 0.29) is 5.97 Å². The summed E-state index contributed by atoms with van der Waals surface area (Å²) in [6.45, 7) is 4.76. The van der Waals surface area contributed by atoms with Crippen LogP contribution in [0.3, 0.4) is 0 Å². The summed E-state index contributed by atoms with van der Waals surface area (Å²) in [5.41, 5.74) is 0. The fourth-order valence-corrected chi connectivity index (χ4v) is 1.13. The van der Waals surface area contributed by atoms with Crippen LogP contribution in [0.25, 0.3) is 0 Å². The molecule has 0 heterocycles. The van der Waals surface area contributed by atoms with Crippen LogP contribution < -0.4 is 10.6 Å². The molecule has 0 saturated heterocycles. The Labute approximate surface area is 103 Å². The highest BCUT2D eigenvalue weighted by Gasteiger charge is 2.01. The molecule has 0 rings (SSSR count). The molecule has 0 aromatic carbocycles. The van der Waals surface area contributed by atoms with Crippen molar-refractivity contribution in [3.63, 3.8) is 0 Å². The third-order valence-corrected chi connectivity index (χ3v) is 2.03. The maximum Gasteiger partial charge on any atom is 0.307 e. The van der Waals surface area contributed by atoms with Crippen LogP contribution in [0.5, 0.6) is 0 Å². The zero-order chi connectivity index (χ0) is 12.9. The van der Waals surface area contributed by atoms with Gasteiger partial charge in [0.25, 0.3) is 0 Å². The SMILES string of the molecule is CCOCCCNC(=NC)NCCC(=O)OC. The molecule has 0 amide bonds. The molecule has 0 spiro atoms. The molecule has 0 aliphatic carbocycles. The second-order valence-electron chi connectivity index (χ2n) is 3.30. The molecule has 0 atom stereocenters. The molecule has 6 heteroatoms. The van der Waals surface area contributed by atoms with Crippen molar-refractivity contribution in [1.82, 2.24) is 10.6 Å². The highest BCUT2D eigenvalue weighted by molar-refractivity contribution is 5.80. The topological polar surface area (TPSA) is 72.0 Å². The zero-order valence-electron chi connectivity index (χ0n) is 10.9. The smallest absolute Gasteiger partial charge is 0.307 e. The number of carbonyl (C=O) groups is 1.